The molecular formula is C11H9N3O3. The summed E-state index contributed by atoms with van der Waals surface area (Å²) in [5, 5.41) is 13.8. The van der Waals surface area contributed by atoms with E-state index in [1.807, 2.05) is 0 Å². The Morgan fingerprint density at radius 1 is 1.24 bits per heavy atom. The van der Waals surface area contributed by atoms with Gasteiger partial charge in [0.15, 0.2) is 0 Å². The Morgan fingerprint density at radius 3 is 2.53 bits per heavy atom. The predicted molar refractivity (Wildman–Crippen MR) is 62.6 cm³/mol. The van der Waals surface area contributed by atoms with Gasteiger partial charge in [-0.1, -0.05) is 0 Å². The van der Waals surface area contributed by atoms with E-state index in [4.69, 9.17) is 10.3 Å². The number of hydrogen-bond donors (Lipinski definition) is 1. The molecule has 0 radical (unpaired) electrons. The minimum Gasteiger partial charge on any atom is -0.455 e. The molecule has 0 spiro atoms. The highest BCUT2D eigenvalue weighted by atomic mass is 16.6. The summed E-state index contributed by atoms with van der Waals surface area (Å²) in [4.78, 5) is 10.0. The molecule has 0 aliphatic heterocycles. The number of nitrogens with two attached hydrogens (primary N) is 1. The fourth-order valence-corrected chi connectivity index (χ4v) is 1.40. The van der Waals surface area contributed by atoms with E-state index < -0.39 is 4.92 Å². The molecule has 0 aliphatic carbocycles. The molecule has 0 fully saturated rings. The van der Waals surface area contributed by atoms with Gasteiger partial charge < -0.3 is 10.3 Å². The second-order valence-corrected chi connectivity index (χ2v) is 3.28. The lowest BCUT2D eigenvalue weighted by Crippen LogP contribution is -1.86. The molecule has 17 heavy (non-hydrogen) atoms. The van der Waals surface area contributed by atoms with Gasteiger partial charge in [-0.15, -0.1) is 0 Å². The zero-order valence-electron chi connectivity index (χ0n) is 8.74. The van der Waals surface area contributed by atoms with E-state index in [0.717, 1.165) is 5.56 Å². The predicted octanol–water partition coefficient (Wildman–Crippen LogP) is 2.15. The van der Waals surface area contributed by atoms with Crippen LogP contribution in [0, 0.1) is 10.1 Å². The van der Waals surface area contributed by atoms with Crippen molar-refractivity contribution in [3.05, 3.63) is 52.3 Å². The first kappa shape index (κ1) is 10.9. The van der Waals surface area contributed by atoms with Crippen molar-refractivity contribution >= 4 is 11.9 Å². The quantitative estimate of drug-likeness (QED) is 0.379. The third-order valence-electron chi connectivity index (χ3n) is 2.19. The molecule has 2 aromatic rings. The summed E-state index contributed by atoms with van der Waals surface area (Å²) in [7, 11) is 0. The van der Waals surface area contributed by atoms with Gasteiger partial charge in [0, 0.05) is 17.7 Å². The number of benzene rings is 1. The molecule has 0 unspecified atom stereocenters. The molecule has 0 saturated carbocycles. The molecule has 0 saturated heterocycles. The fraction of sp³-hybridized carbons (Fsp3) is 0. The minimum atomic E-state index is -0.446. The van der Waals surface area contributed by atoms with E-state index in [-0.39, 0.29) is 5.69 Å². The van der Waals surface area contributed by atoms with Crippen LogP contribution in [0.1, 0.15) is 5.76 Å². The van der Waals surface area contributed by atoms with Crippen molar-refractivity contribution in [2.75, 3.05) is 0 Å². The van der Waals surface area contributed by atoms with Gasteiger partial charge in [0.2, 0.25) is 0 Å². The van der Waals surface area contributed by atoms with Crippen molar-refractivity contribution in [2.24, 2.45) is 10.9 Å². The number of nitrogens with zero attached hydrogens (tertiary/aromatic N) is 2. The van der Waals surface area contributed by atoms with Gasteiger partial charge in [-0.3, -0.25) is 10.1 Å². The number of hydrogen-bond acceptors (Lipinski definition) is 5. The van der Waals surface area contributed by atoms with Crippen molar-refractivity contribution in [3.63, 3.8) is 0 Å². The van der Waals surface area contributed by atoms with Crippen molar-refractivity contribution < 1.29 is 9.34 Å². The average molecular weight is 231 g/mol. The smallest absolute Gasteiger partial charge is 0.269 e. The van der Waals surface area contributed by atoms with Crippen LogP contribution in [0.4, 0.5) is 5.69 Å². The lowest BCUT2D eigenvalue weighted by Gasteiger charge is -1.96. The number of nitro groups is 1. The first-order valence-electron chi connectivity index (χ1n) is 4.78. The van der Waals surface area contributed by atoms with Crippen LogP contribution in [-0.2, 0) is 0 Å². The molecule has 2 N–H and O–H groups in total. The maximum atomic E-state index is 10.5. The molecular weight excluding hydrogens is 222 g/mol. The third-order valence-corrected chi connectivity index (χ3v) is 2.19. The van der Waals surface area contributed by atoms with Gasteiger partial charge in [0.1, 0.15) is 11.5 Å². The van der Waals surface area contributed by atoms with Crippen molar-refractivity contribution in [2.45, 2.75) is 0 Å². The first-order valence-corrected chi connectivity index (χ1v) is 4.78. The Hall–Kier alpha value is -2.63. The van der Waals surface area contributed by atoms with Crippen LogP contribution in [0.2, 0.25) is 0 Å². The van der Waals surface area contributed by atoms with Crippen LogP contribution in [0.5, 0.6) is 0 Å². The van der Waals surface area contributed by atoms with Crippen LogP contribution in [0.25, 0.3) is 11.3 Å². The minimum absolute atomic E-state index is 0.0454. The Bertz CT molecular complexity index is 558. The molecule has 0 bridgehead atoms. The topological polar surface area (TPSA) is 94.7 Å². The van der Waals surface area contributed by atoms with Crippen LogP contribution in [-0.4, -0.2) is 11.1 Å². The number of non-ortho nitro benzene ring substituents is 1. The fourth-order valence-electron chi connectivity index (χ4n) is 1.40. The maximum Gasteiger partial charge on any atom is 0.269 e. The highest BCUT2D eigenvalue weighted by Crippen LogP contribution is 2.23. The second kappa shape index (κ2) is 4.48. The maximum absolute atomic E-state index is 10.5. The van der Waals surface area contributed by atoms with Crippen molar-refractivity contribution in [1.82, 2.24) is 0 Å². The lowest BCUT2D eigenvalue weighted by molar-refractivity contribution is -0.384. The summed E-state index contributed by atoms with van der Waals surface area (Å²) >= 11 is 0. The molecule has 1 aromatic carbocycles. The lowest BCUT2D eigenvalue weighted by atomic mass is 10.1. The molecule has 1 heterocycles. The normalized spacial score (nSPS) is 10.8. The van der Waals surface area contributed by atoms with Gasteiger partial charge in [-0.05, 0) is 24.3 Å². The van der Waals surface area contributed by atoms with Crippen molar-refractivity contribution in [3.8, 4) is 11.3 Å². The summed E-state index contributed by atoms with van der Waals surface area (Å²) in [5.74, 6) is 6.13. The van der Waals surface area contributed by atoms with Crippen LogP contribution < -0.4 is 5.84 Å². The monoisotopic (exact) mass is 231 g/mol. The first-order chi connectivity index (χ1) is 8.20. The molecule has 0 atom stereocenters. The summed E-state index contributed by atoms with van der Waals surface area (Å²) in [6.07, 6.45) is 1.38. The van der Waals surface area contributed by atoms with Crippen LogP contribution in [0.15, 0.2) is 45.9 Å². The van der Waals surface area contributed by atoms with E-state index in [0.29, 0.717) is 11.5 Å². The summed E-state index contributed by atoms with van der Waals surface area (Å²) in [6.45, 7) is 0. The van der Waals surface area contributed by atoms with Gasteiger partial charge in [0.05, 0.1) is 11.1 Å². The molecule has 1 aromatic heterocycles. The molecule has 2 rings (SSSR count). The van der Waals surface area contributed by atoms with E-state index in [1.54, 1.807) is 24.3 Å². The van der Waals surface area contributed by atoms with Gasteiger partial charge in [-0.25, -0.2) is 0 Å². The zero-order chi connectivity index (χ0) is 12.3. The standard InChI is InChI=1S/C11H9N3O3/c12-13-7-10-5-6-11(17-10)8-1-3-9(4-2-8)14(15)16/h1-7H,12H2/b13-7-. The average Bonchev–Trinajstić information content (AvgIpc) is 2.78. The molecule has 6 heteroatoms. The Morgan fingerprint density at radius 2 is 1.94 bits per heavy atom. The Balaban J connectivity index is 2.29. The van der Waals surface area contributed by atoms with Gasteiger partial charge in [0.25, 0.3) is 5.69 Å². The zero-order valence-corrected chi connectivity index (χ0v) is 8.74. The SMILES string of the molecule is N/N=C\c1ccc(-c2ccc([N+](=O)[O-])cc2)o1. The number of nitro benzene ring substituents is 1. The van der Waals surface area contributed by atoms with Gasteiger partial charge in [-0.2, -0.15) is 5.10 Å². The van der Waals surface area contributed by atoms with E-state index in [2.05, 4.69) is 5.10 Å². The van der Waals surface area contributed by atoms with E-state index >= 15 is 0 Å². The Labute approximate surface area is 96.5 Å². The van der Waals surface area contributed by atoms with E-state index in [1.165, 1.54) is 18.3 Å². The molecule has 0 amide bonds. The molecule has 86 valence electrons. The van der Waals surface area contributed by atoms with Gasteiger partial charge >= 0.3 is 0 Å². The molecule has 0 aliphatic rings. The number of furan rings is 1. The summed E-state index contributed by atoms with van der Waals surface area (Å²) in [5.41, 5.74) is 0.802. The Kier molecular flexibility index (Phi) is 2.87. The summed E-state index contributed by atoms with van der Waals surface area (Å²) < 4.78 is 5.41. The second-order valence-electron chi connectivity index (χ2n) is 3.28. The largest absolute Gasteiger partial charge is 0.455 e. The third kappa shape index (κ3) is 2.31. The molecule has 6 nitrogen and oxygen atoms in total. The highest BCUT2D eigenvalue weighted by Gasteiger charge is 2.07. The van der Waals surface area contributed by atoms with Crippen LogP contribution >= 0.6 is 0 Å². The van der Waals surface area contributed by atoms with Crippen LogP contribution in [0.3, 0.4) is 0 Å². The number of hydrazone groups is 1. The number of rotatable bonds is 3. The van der Waals surface area contributed by atoms with Crippen molar-refractivity contribution in [1.29, 1.82) is 0 Å². The highest BCUT2D eigenvalue weighted by molar-refractivity contribution is 5.77. The van der Waals surface area contributed by atoms with E-state index in [9.17, 15) is 10.1 Å². The summed E-state index contributed by atoms with van der Waals surface area (Å²) in [6, 6.07) is 9.56.